The van der Waals surface area contributed by atoms with Crippen molar-refractivity contribution in [3.8, 4) is 0 Å². The largest absolute Gasteiger partial charge is 0.395 e. The number of rotatable bonds is 5. The smallest absolute Gasteiger partial charge is 0.273 e. The maximum atomic E-state index is 14.0. The standard InChI is InChI=1S/C23H24FN5O2S/c1-15-6-8-16(9-7-15)14-26-22(30)20-19(25)21(32-27-20)23(31)29-12-10-28(11-13-29)18-5-3-2-4-17(18)24/h2-9H,10-14,25H2,1H3,(H,26,30). The number of nitrogen functional groups attached to an aromatic ring is 1. The summed E-state index contributed by atoms with van der Waals surface area (Å²) in [4.78, 5) is 29.3. The van der Waals surface area contributed by atoms with Gasteiger partial charge in [-0.05, 0) is 36.2 Å². The fraction of sp³-hybridized carbons (Fsp3) is 0.261. The summed E-state index contributed by atoms with van der Waals surface area (Å²) in [6, 6.07) is 14.4. The molecule has 3 N–H and O–H groups in total. The van der Waals surface area contributed by atoms with E-state index in [1.54, 1.807) is 23.1 Å². The fourth-order valence-corrected chi connectivity index (χ4v) is 4.36. The van der Waals surface area contributed by atoms with Crippen molar-refractivity contribution in [2.45, 2.75) is 13.5 Å². The fourth-order valence-electron chi connectivity index (χ4n) is 3.59. The minimum Gasteiger partial charge on any atom is -0.395 e. The minimum atomic E-state index is -0.414. The summed E-state index contributed by atoms with van der Waals surface area (Å²) in [6.45, 7) is 4.22. The van der Waals surface area contributed by atoms with Crippen LogP contribution >= 0.6 is 11.5 Å². The van der Waals surface area contributed by atoms with Gasteiger partial charge >= 0.3 is 0 Å². The van der Waals surface area contributed by atoms with Gasteiger partial charge in [0.25, 0.3) is 11.8 Å². The lowest BCUT2D eigenvalue weighted by molar-refractivity contribution is 0.0752. The van der Waals surface area contributed by atoms with E-state index in [4.69, 9.17) is 5.73 Å². The van der Waals surface area contributed by atoms with Gasteiger partial charge in [0.1, 0.15) is 10.7 Å². The molecular formula is C23H24FN5O2S. The van der Waals surface area contributed by atoms with Crippen molar-refractivity contribution in [3.63, 3.8) is 0 Å². The number of carbonyl (C=O) groups is 2. The molecule has 0 radical (unpaired) electrons. The molecule has 0 aliphatic carbocycles. The van der Waals surface area contributed by atoms with Crippen molar-refractivity contribution in [2.75, 3.05) is 36.8 Å². The van der Waals surface area contributed by atoms with E-state index in [1.165, 1.54) is 6.07 Å². The molecule has 0 saturated carbocycles. The number of nitrogens with two attached hydrogens (primary N) is 1. The van der Waals surface area contributed by atoms with Crippen LogP contribution in [0.1, 0.15) is 31.3 Å². The molecule has 1 aromatic heterocycles. The van der Waals surface area contributed by atoms with Gasteiger partial charge in [-0.1, -0.05) is 42.0 Å². The number of para-hydroxylation sites is 1. The first-order chi connectivity index (χ1) is 15.4. The van der Waals surface area contributed by atoms with E-state index in [0.29, 0.717) is 38.4 Å². The van der Waals surface area contributed by atoms with Gasteiger partial charge in [-0.25, -0.2) is 4.39 Å². The number of benzene rings is 2. The first-order valence-corrected chi connectivity index (χ1v) is 11.1. The molecule has 2 amide bonds. The van der Waals surface area contributed by atoms with E-state index in [0.717, 1.165) is 22.7 Å². The molecular weight excluding hydrogens is 429 g/mol. The number of halogens is 1. The third kappa shape index (κ3) is 4.57. The van der Waals surface area contributed by atoms with Crippen molar-refractivity contribution in [2.24, 2.45) is 0 Å². The Morgan fingerprint density at radius 2 is 1.78 bits per heavy atom. The second-order valence-corrected chi connectivity index (χ2v) is 8.45. The van der Waals surface area contributed by atoms with Gasteiger partial charge in [-0.15, -0.1) is 0 Å². The average Bonchev–Trinajstić information content (AvgIpc) is 3.20. The number of anilines is 2. The van der Waals surface area contributed by atoms with Crippen molar-refractivity contribution >= 4 is 34.7 Å². The molecule has 0 unspecified atom stereocenters. The molecule has 1 aliphatic rings. The van der Waals surface area contributed by atoms with Crippen LogP contribution in [0, 0.1) is 12.7 Å². The Hall–Kier alpha value is -3.46. The molecule has 2 aromatic carbocycles. The van der Waals surface area contributed by atoms with E-state index in [1.807, 2.05) is 36.1 Å². The summed E-state index contributed by atoms with van der Waals surface area (Å²) in [5.74, 6) is -0.950. The van der Waals surface area contributed by atoms with E-state index in [9.17, 15) is 14.0 Å². The lowest BCUT2D eigenvalue weighted by Crippen LogP contribution is -2.49. The zero-order valence-electron chi connectivity index (χ0n) is 17.7. The molecule has 1 saturated heterocycles. The van der Waals surface area contributed by atoms with Crippen molar-refractivity contribution in [1.29, 1.82) is 0 Å². The predicted molar refractivity (Wildman–Crippen MR) is 123 cm³/mol. The molecule has 1 fully saturated rings. The van der Waals surface area contributed by atoms with Crippen LogP contribution in [-0.4, -0.2) is 47.3 Å². The van der Waals surface area contributed by atoms with Crippen LogP contribution in [0.25, 0.3) is 0 Å². The van der Waals surface area contributed by atoms with Crippen LogP contribution in [0.5, 0.6) is 0 Å². The summed E-state index contributed by atoms with van der Waals surface area (Å²) < 4.78 is 18.2. The molecule has 0 atom stereocenters. The maximum absolute atomic E-state index is 14.0. The first kappa shape index (κ1) is 21.8. The van der Waals surface area contributed by atoms with Crippen molar-refractivity contribution in [3.05, 3.63) is 76.0 Å². The Kier molecular flexibility index (Phi) is 6.36. The first-order valence-electron chi connectivity index (χ1n) is 10.3. The Bertz CT molecular complexity index is 1120. The number of nitrogens with one attached hydrogen (secondary N) is 1. The van der Waals surface area contributed by atoms with Gasteiger partial charge in [0.15, 0.2) is 5.69 Å². The van der Waals surface area contributed by atoms with E-state index < -0.39 is 5.91 Å². The van der Waals surface area contributed by atoms with Gasteiger partial charge in [0.2, 0.25) is 0 Å². The van der Waals surface area contributed by atoms with Gasteiger partial charge in [0.05, 0.1) is 11.4 Å². The second-order valence-electron chi connectivity index (χ2n) is 7.67. The molecule has 32 heavy (non-hydrogen) atoms. The van der Waals surface area contributed by atoms with Crippen LogP contribution in [0.4, 0.5) is 15.8 Å². The van der Waals surface area contributed by atoms with Crippen molar-refractivity contribution < 1.29 is 14.0 Å². The van der Waals surface area contributed by atoms with Crippen LogP contribution < -0.4 is 16.0 Å². The Labute approximate surface area is 189 Å². The molecule has 7 nitrogen and oxygen atoms in total. The Morgan fingerprint density at radius 3 is 2.47 bits per heavy atom. The highest BCUT2D eigenvalue weighted by Crippen LogP contribution is 2.25. The highest BCUT2D eigenvalue weighted by molar-refractivity contribution is 7.09. The zero-order chi connectivity index (χ0) is 22.7. The molecule has 3 aromatic rings. The molecule has 166 valence electrons. The number of aryl methyl sites for hydroxylation is 1. The van der Waals surface area contributed by atoms with Gasteiger partial charge in [-0.3, -0.25) is 9.59 Å². The second kappa shape index (κ2) is 9.35. The lowest BCUT2D eigenvalue weighted by atomic mass is 10.1. The number of hydrogen-bond acceptors (Lipinski definition) is 6. The normalized spacial score (nSPS) is 13.8. The molecule has 0 spiro atoms. The Morgan fingerprint density at radius 1 is 1.09 bits per heavy atom. The van der Waals surface area contributed by atoms with E-state index in [2.05, 4.69) is 9.69 Å². The van der Waals surface area contributed by atoms with E-state index in [-0.39, 0.29) is 28.0 Å². The number of amides is 2. The topological polar surface area (TPSA) is 91.6 Å². The van der Waals surface area contributed by atoms with E-state index >= 15 is 0 Å². The summed E-state index contributed by atoms with van der Waals surface area (Å²) in [5, 5.41) is 2.79. The number of hydrogen-bond donors (Lipinski definition) is 2. The number of piperazine rings is 1. The lowest BCUT2D eigenvalue weighted by Gasteiger charge is -2.36. The molecule has 0 bridgehead atoms. The third-order valence-corrected chi connectivity index (χ3v) is 6.32. The van der Waals surface area contributed by atoms with Crippen LogP contribution in [0.15, 0.2) is 48.5 Å². The highest BCUT2D eigenvalue weighted by atomic mass is 32.1. The monoisotopic (exact) mass is 453 g/mol. The molecule has 1 aliphatic heterocycles. The predicted octanol–water partition coefficient (Wildman–Crippen LogP) is 3.07. The quantitative estimate of drug-likeness (QED) is 0.620. The highest BCUT2D eigenvalue weighted by Gasteiger charge is 2.28. The Balaban J connectivity index is 1.37. The molecule has 4 rings (SSSR count). The number of carbonyl (C=O) groups excluding carboxylic acids is 2. The summed E-state index contributed by atoms with van der Waals surface area (Å²) in [5.41, 5.74) is 8.91. The summed E-state index contributed by atoms with van der Waals surface area (Å²) in [6.07, 6.45) is 0. The SMILES string of the molecule is Cc1ccc(CNC(=O)c2nsc(C(=O)N3CCN(c4ccccc4F)CC3)c2N)cc1. The van der Waals surface area contributed by atoms with Gasteiger partial charge in [0, 0.05) is 32.7 Å². The average molecular weight is 454 g/mol. The van der Waals surface area contributed by atoms with Gasteiger partial charge < -0.3 is 20.9 Å². The molecule has 2 heterocycles. The minimum absolute atomic E-state index is 0.0652. The van der Waals surface area contributed by atoms with Crippen LogP contribution in [0.3, 0.4) is 0 Å². The molecule has 9 heteroatoms. The van der Waals surface area contributed by atoms with Gasteiger partial charge in [-0.2, -0.15) is 4.37 Å². The summed E-state index contributed by atoms with van der Waals surface area (Å²) >= 11 is 0.929. The zero-order valence-corrected chi connectivity index (χ0v) is 18.5. The van der Waals surface area contributed by atoms with Crippen LogP contribution in [-0.2, 0) is 6.54 Å². The third-order valence-electron chi connectivity index (χ3n) is 5.47. The summed E-state index contributed by atoms with van der Waals surface area (Å²) in [7, 11) is 0. The number of nitrogens with zero attached hydrogens (tertiary/aromatic N) is 3. The maximum Gasteiger partial charge on any atom is 0.273 e. The van der Waals surface area contributed by atoms with Crippen molar-refractivity contribution in [1.82, 2.24) is 14.6 Å². The van der Waals surface area contributed by atoms with Crippen LogP contribution in [0.2, 0.25) is 0 Å². The number of aromatic nitrogens is 1.